The molecule has 0 amide bonds. The summed E-state index contributed by atoms with van der Waals surface area (Å²) in [6.07, 6.45) is 15.0. The van der Waals surface area contributed by atoms with Crippen molar-refractivity contribution in [1.82, 2.24) is 26.2 Å². The first kappa shape index (κ1) is 34.5. The van der Waals surface area contributed by atoms with Gasteiger partial charge in [-0.2, -0.15) is 0 Å². The van der Waals surface area contributed by atoms with Gasteiger partial charge in [-0.25, -0.2) is 0 Å². The van der Waals surface area contributed by atoms with Gasteiger partial charge in [-0.1, -0.05) is 96.2 Å². The fourth-order valence-electron chi connectivity index (χ4n) is 5.48. The van der Waals surface area contributed by atoms with Gasteiger partial charge < -0.3 is 31.9 Å². The van der Waals surface area contributed by atoms with E-state index in [4.69, 9.17) is 5.73 Å². The maximum Gasteiger partial charge on any atom is 0.0694 e. The SMILES string of the molecule is C=C(CN)NC(Cc1ccccc1)C(=CCC)NCC(=C)NC(CCCNC(C)C)C(=CCC)N1CCCCCC1. The molecular formula is C35H60N6. The second-order valence-electron chi connectivity index (χ2n) is 11.6. The molecule has 41 heavy (non-hydrogen) atoms. The van der Waals surface area contributed by atoms with Crippen LogP contribution in [0.4, 0.5) is 0 Å². The number of nitrogens with zero attached hydrogens (tertiary/aromatic N) is 1. The molecule has 0 spiro atoms. The van der Waals surface area contributed by atoms with Crippen molar-refractivity contribution in [2.45, 2.75) is 104 Å². The maximum absolute atomic E-state index is 5.92. The second-order valence-corrected chi connectivity index (χ2v) is 11.6. The summed E-state index contributed by atoms with van der Waals surface area (Å²) in [4.78, 5) is 2.64. The molecule has 1 aliphatic rings. The number of likely N-dealkylation sites (tertiary alicyclic amines) is 1. The Morgan fingerprint density at radius 1 is 0.927 bits per heavy atom. The molecule has 1 aliphatic heterocycles. The zero-order chi connectivity index (χ0) is 29.9. The number of rotatable bonds is 20. The molecule has 0 saturated carbocycles. The summed E-state index contributed by atoms with van der Waals surface area (Å²) in [6, 6.07) is 11.4. The molecule has 1 fully saturated rings. The van der Waals surface area contributed by atoms with E-state index in [1.807, 2.05) is 0 Å². The summed E-state index contributed by atoms with van der Waals surface area (Å²) < 4.78 is 0. The fourth-order valence-corrected chi connectivity index (χ4v) is 5.48. The monoisotopic (exact) mass is 564 g/mol. The van der Waals surface area contributed by atoms with E-state index in [-0.39, 0.29) is 12.1 Å². The van der Waals surface area contributed by atoms with Crippen molar-refractivity contribution in [2.75, 3.05) is 32.7 Å². The van der Waals surface area contributed by atoms with Crippen LogP contribution in [0.25, 0.3) is 0 Å². The summed E-state index contributed by atoms with van der Waals surface area (Å²) in [5.41, 5.74) is 11.7. The molecule has 6 heteroatoms. The molecule has 1 aromatic rings. The Hall–Kier alpha value is -2.70. The lowest BCUT2D eigenvalue weighted by Crippen LogP contribution is -2.43. The highest BCUT2D eigenvalue weighted by Crippen LogP contribution is 2.21. The maximum atomic E-state index is 5.92. The van der Waals surface area contributed by atoms with Gasteiger partial charge in [-0.05, 0) is 57.1 Å². The second kappa shape index (κ2) is 20.2. The number of benzene rings is 1. The molecule has 1 heterocycles. The quantitative estimate of drug-likeness (QED) is 0.126. The Kier molecular flexibility index (Phi) is 17.0. The van der Waals surface area contributed by atoms with Crippen LogP contribution in [0.15, 0.2) is 78.4 Å². The number of hydrogen-bond donors (Lipinski definition) is 5. The van der Waals surface area contributed by atoms with Crippen molar-refractivity contribution in [3.63, 3.8) is 0 Å². The summed E-state index contributed by atoms with van der Waals surface area (Å²) >= 11 is 0. The standard InChI is InChI=1S/C35H60N6/c1-7-17-32(34(39-29(5)26-36)25-31-19-12-11-13-20-31)38-27-30(6)40-33(21-16-22-37-28(3)4)35(18-8-2)41-23-14-9-10-15-24-41/h11-13,17-20,28,33-34,37-40H,5-10,14-16,21-27,36H2,1-4H3. The molecule has 6 N–H and O–H groups in total. The van der Waals surface area contributed by atoms with Crippen LogP contribution in [0, 0.1) is 0 Å². The van der Waals surface area contributed by atoms with Gasteiger partial charge in [0.25, 0.3) is 0 Å². The van der Waals surface area contributed by atoms with E-state index in [0.717, 1.165) is 68.8 Å². The molecule has 2 atom stereocenters. The topological polar surface area (TPSA) is 77.4 Å². The van der Waals surface area contributed by atoms with Crippen molar-refractivity contribution in [2.24, 2.45) is 5.73 Å². The van der Waals surface area contributed by atoms with E-state index in [9.17, 15) is 0 Å². The van der Waals surface area contributed by atoms with Crippen molar-refractivity contribution < 1.29 is 0 Å². The van der Waals surface area contributed by atoms with Crippen LogP contribution >= 0.6 is 0 Å². The first-order valence-corrected chi connectivity index (χ1v) is 16.1. The van der Waals surface area contributed by atoms with E-state index in [1.54, 1.807) is 0 Å². The highest BCUT2D eigenvalue weighted by Gasteiger charge is 2.22. The van der Waals surface area contributed by atoms with E-state index in [2.05, 4.69) is 110 Å². The van der Waals surface area contributed by atoms with Crippen molar-refractivity contribution in [3.05, 3.63) is 84.0 Å². The smallest absolute Gasteiger partial charge is 0.0694 e. The highest BCUT2D eigenvalue weighted by atomic mass is 15.2. The highest BCUT2D eigenvalue weighted by molar-refractivity contribution is 5.23. The molecule has 0 bridgehead atoms. The first-order valence-electron chi connectivity index (χ1n) is 16.1. The van der Waals surface area contributed by atoms with Crippen LogP contribution in [0.1, 0.15) is 84.6 Å². The number of nitrogens with two attached hydrogens (primary N) is 1. The van der Waals surface area contributed by atoms with Crippen LogP contribution in [0.3, 0.4) is 0 Å². The number of hydrogen-bond acceptors (Lipinski definition) is 6. The van der Waals surface area contributed by atoms with E-state index in [1.165, 1.54) is 36.9 Å². The number of nitrogens with one attached hydrogen (secondary N) is 4. The molecule has 0 radical (unpaired) electrons. The number of allylic oxidation sites excluding steroid dienone is 2. The van der Waals surface area contributed by atoms with E-state index < -0.39 is 0 Å². The zero-order valence-corrected chi connectivity index (χ0v) is 26.6. The van der Waals surface area contributed by atoms with Gasteiger partial charge in [-0.15, -0.1) is 0 Å². The Morgan fingerprint density at radius 2 is 1.59 bits per heavy atom. The Balaban J connectivity index is 2.16. The molecular weight excluding hydrogens is 504 g/mol. The third-order valence-electron chi connectivity index (χ3n) is 7.55. The molecule has 0 aromatic heterocycles. The lowest BCUT2D eigenvalue weighted by atomic mass is 10.0. The molecule has 1 saturated heterocycles. The fraction of sp³-hybridized carbons (Fsp3) is 0.600. The van der Waals surface area contributed by atoms with Gasteiger partial charge in [0.15, 0.2) is 0 Å². The van der Waals surface area contributed by atoms with Gasteiger partial charge in [0.1, 0.15) is 0 Å². The largest absolute Gasteiger partial charge is 0.381 e. The van der Waals surface area contributed by atoms with Gasteiger partial charge in [0, 0.05) is 48.5 Å². The Labute approximate surface area is 252 Å². The normalized spacial score (nSPS) is 16.2. The Bertz CT molecular complexity index is 927. The third kappa shape index (κ3) is 13.7. The molecule has 6 nitrogen and oxygen atoms in total. The van der Waals surface area contributed by atoms with Crippen molar-refractivity contribution in [1.29, 1.82) is 0 Å². The lowest BCUT2D eigenvalue weighted by Gasteiger charge is -2.34. The summed E-state index contributed by atoms with van der Waals surface area (Å²) in [5, 5.41) is 14.8. The predicted molar refractivity (Wildman–Crippen MR) is 178 cm³/mol. The Morgan fingerprint density at radius 3 is 2.20 bits per heavy atom. The van der Waals surface area contributed by atoms with Crippen LogP contribution in [0.5, 0.6) is 0 Å². The lowest BCUT2D eigenvalue weighted by molar-refractivity contribution is 0.313. The summed E-state index contributed by atoms with van der Waals surface area (Å²) in [6.45, 7) is 21.9. The van der Waals surface area contributed by atoms with Crippen LogP contribution in [0.2, 0.25) is 0 Å². The van der Waals surface area contributed by atoms with Crippen LogP contribution < -0.4 is 27.0 Å². The minimum absolute atomic E-state index is 0.0618. The minimum Gasteiger partial charge on any atom is -0.381 e. The van der Waals surface area contributed by atoms with Crippen molar-refractivity contribution >= 4 is 0 Å². The van der Waals surface area contributed by atoms with E-state index in [0.29, 0.717) is 19.1 Å². The molecule has 230 valence electrons. The zero-order valence-electron chi connectivity index (χ0n) is 26.6. The molecule has 0 aliphatic carbocycles. The van der Waals surface area contributed by atoms with Gasteiger partial charge in [-0.3, -0.25) is 0 Å². The predicted octanol–water partition coefficient (Wildman–Crippen LogP) is 5.96. The summed E-state index contributed by atoms with van der Waals surface area (Å²) in [5.74, 6) is 0. The third-order valence-corrected chi connectivity index (χ3v) is 7.55. The van der Waals surface area contributed by atoms with Gasteiger partial charge >= 0.3 is 0 Å². The average Bonchev–Trinajstić information content (AvgIpc) is 3.25. The van der Waals surface area contributed by atoms with Gasteiger partial charge in [0.2, 0.25) is 0 Å². The van der Waals surface area contributed by atoms with Crippen molar-refractivity contribution in [3.8, 4) is 0 Å². The summed E-state index contributed by atoms with van der Waals surface area (Å²) in [7, 11) is 0. The van der Waals surface area contributed by atoms with Gasteiger partial charge in [0.05, 0.1) is 18.6 Å². The van der Waals surface area contributed by atoms with E-state index >= 15 is 0 Å². The molecule has 2 rings (SSSR count). The average molecular weight is 565 g/mol. The van der Waals surface area contributed by atoms with Crippen LogP contribution in [-0.4, -0.2) is 55.7 Å². The molecule has 2 unspecified atom stereocenters. The first-order chi connectivity index (χ1) is 19.9. The van der Waals surface area contributed by atoms with Crippen LogP contribution in [-0.2, 0) is 6.42 Å². The molecule has 1 aromatic carbocycles. The minimum atomic E-state index is 0.0618.